The van der Waals surface area contributed by atoms with Gasteiger partial charge in [-0.3, -0.25) is 9.59 Å². The molecular weight excluding hydrogens is 236 g/mol. The highest BCUT2D eigenvalue weighted by atomic mass is 33.5. The van der Waals surface area contributed by atoms with Crippen LogP contribution in [0.2, 0.25) is 0 Å². The zero-order valence-electron chi connectivity index (χ0n) is 8.90. The van der Waals surface area contributed by atoms with Crippen LogP contribution in [0.25, 0.3) is 0 Å². The van der Waals surface area contributed by atoms with Gasteiger partial charge < -0.3 is 0 Å². The summed E-state index contributed by atoms with van der Waals surface area (Å²) >= 11 is 0. The normalized spacial score (nSPS) is 14.9. The van der Waals surface area contributed by atoms with Gasteiger partial charge in [-0.1, -0.05) is 28.5 Å². The van der Waals surface area contributed by atoms with Crippen molar-refractivity contribution in [3.05, 3.63) is 0 Å². The van der Waals surface area contributed by atoms with Crippen LogP contribution in [0.5, 0.6) is 0 Å². The quantitative estimate of drug-likeness (QED) is 0.649. The second-order valence-electron chi connectivity index (χ2n) is 2.98. The van der Waals surface area contributed by atoms with Crippen LogP contribution in [-0.2, 0) is 9.59 Å². The molecule has 2 nitrogen and oxygen atoms in total. The van der Waals surface area contributed by atoms with Crippen molar-refractivity contribution in [2.24, 2.45) is 0 Å². The van der Waals surface area contributed by atoms with E-state index in [1.807, 2.05) is 20.8 Å². The first-order valence-corrected chi connectivity index (χ1v) is 8.12. The van der Waals surface area contributed by atoms with E-state index in [2.05, 4.69) is 0 Å². The van der Waals surface area contributed by atoms with Crippen LogP contribution in [0.15, 0.2) is 0 Å². The second kappa shape index (κ2) is 7.65. The highest BCUT2D eigenvalue weighted by Gasteiger charge is 2.14. The maximum absolute atomic E-state index is 11.2. The fourth-order valence-electron chi connectivity index (χ4n) is 0.549. The summed E-state index contributed by atoms with van der Waals surface area (Å²) in [5.41, 5.74) is 0. The topological polar surface area (TPSA) is 34.1 Å². The van der Waals surface area contributed by atoms with Crippen LogP contribution in [-0.4, -0.2) is 22.1 Å². The first kappa shape index (κ1) is 14.4. The molecule has 0 saturated heterocycles. The zero-order chi connectivity index (χ0) is 11.1. The van der Waals surface area contributed by atoms with Crippen molar-refractivity contribution in [2.45, 2.75) is 44.6 Å². The third kappa shape index (κ3) is 5.98. The lowest BCUT2D eigenvalue weighted by Gasteiger charge is -2.09. The van der Waals surface area contributed by atoms with E-state index in [0.717, 1.165) is 0 Å². The van der Waals surface area contributed by atoms with Crippen LogP contribution in [0.1, 0.15) is 34.1 Å². The summed E-state index contributed by atoms with van der Waals surface area (Å²) in [5.74, 6) is 0.441. The Balaban J connectivity index is 3.64. The molecule has 2 atom stereocenters. The minimum Gasteiger partial charge on any atom is -0.299 e. The maximum Gasteiger partial charge on any atom is 0.146 e. The van der Waals surface area contributed by atoms with Gasteiger partial charge in [0.2, 0.25) is 0 Å². The third-order valence-electron chi connectivity index (χ3n) is 1.74. The Kier molecular flexibility index (Phi) is 7.86. The highest BCUT2D eigenvalue weighted by molar-refractivity contribution is 9.09. The molecular formula is C9H16O2S3. The number of rotatable bonds is 7. The molecule has 0 N–H and O–H groups in total. The summed E-state index contributed by atoms with van der Waals surface area (Å²) in [6.07, 6.45) is 0.585. The van der Waals surface area contributed by atoms with Gasteiger partial charge in [0.15, 0.2) is 0 Å². The monoisotopic (exact) mass is 252 g/mol. The number of Topliss-reactive ketones (excluding diaryl/α,β-unsaturated/α-hetero) is 2. The Bertz CT molecular complexity index is 206. The molecule has 0 aromatic carbocycles. The summed E-state index contributed by atoms with van der Waals surface area (Å²) in [5, 5.41) is 0.0353. The Morgan fingerprint density at radius 2 is 1.64 bits per heavy atom. The smallest absolute Gasteiger partial charge is 0.146 e. The predicted octanol–water partition coefficient (Wildman–Crippen LogP) is 3.36. The number of hydrogen-bond donors (Lipinski definition) is 0. The first-order valence-electron chi connectivity index (χ1n) is 4.51. The lowest BCUT2D eigenvalue weighted by Crippen LogP contribution is -2.10. The molecule has 0 aliphatic rings. The largest absolute Gasteiger partial charge is 0.299 e. The van der Waals surface area contributed by atoms with Crippen molar-refractivity contribution < 1.29 is 9.59 Å². The van der Waals surface area contributed by atoms with Crippen LogP contribution < -0.4 is 0 Å². The molecule has 0 bridgehead atoms. The standard InChI is InChI=1S/C9H16O2S3/c1-5-9(11)8(4)13-14-12-7(3)6(2)10/h7-8H,5H2,1-4H3. The van der Waals surface area contributed by atoms with Gasteiger partial charge in [0.1, 0.15) is 11.6 Å². The minimum absolute atomic E-state index is 0.0106. The van der Waals surface area contributed by atoms with Gasteiger partial charge in [-0.15, -0.1) is 0 Å². The Labute approximate surface area is 97.2 Å². The maximum atomic E-state index is 11.2. The fourth-order valence-corrected chi connectivity index (χ4v) is 5.34. The van der Waals surface area contributed by atoms with E-state index >= 15 is 0 Å². The van der Waals surface area contributed by atoms with E-state index < -0.39 is 0 Å². The van der Waals surface area contributed by atoms with Gasteiger partial charge in [0.05, 0.1) is 10.5 Å². The summed E-state index contributed by atoms with van der Waals surface area (Å²) in [7, 11) is 4.58. The average molecular weight is 252 g/mol. The number of hydrogen-bond acceptors (Lipinski definition) is 5. The lowest BCUT2D eigenvalue weighted by atomic mass is 10.2. The van der Waals surface area contributed by atoms with E-state index in [9.17, 15) is 9.59 Å². The van der Waals surface area contributed by atoms with Crippen molar-refractivity contribution in [2.75, 3.05) is 0 Å². The first-order chi connectivity index (χ1) is 6.49. The molecule has 5 heteroatoms. The molecule has 0 spiro atoms. The molecule has 0 saturated carbocycles. The molecule has 2 unspecified atom stereocenters. The number of carbonyl (C=O) groups is 2. The van der Waals surface area contributed by atoms with Gasteiger partial charge in [-0.05, 0) is 30.6 Å². The van der Waals surface area contributed by atoms with Crippen molar-refractivity contribution in [3.8, 4) is 0 Å². The predicted molar refractivity (Wildman–Crippen MR) is 67.7 cm³/mol. The number of ketones is 2. The van der Waals surface area contributed by atoms with Crippen molar-refractivity contribution >= 4 is 43.0 Å². The molecule has 0 aromatic heterocycles. The third-order valence-corrected chi connectivity index (χ3v) is 6.69. The van der Waals surface area contributed by atoms with E-state index in [4.69, 9.17) is 0 Å². The van der Waals surface area contributed by atoms with Gasteiger partial charge in [-0.2, -0.15) is 0 Å². The Morgan fingerprint density at radius 1 is 1.14 bits per heavy atom. The second-order valence-corrected chi connectivity index (χ2v) is 7.70. The van der Waals surface area contributed by atoms with Crippen molar-refractivity contribution in [3.63, 3.8) is 0 Å². The zero-order valence-corrected chi connectivity index (χ0v) is 11.4. The molecule has 0 aliphatic carbocycles. The van der Waals surface area contributed by atoms with E-state index in [-0.39, 0.29) is 22.1 Å². The Morgan fingerprint density at radius 3 is 2.07 bits per heavy atom. The van der Waals surface area contributed by atoms with Gasteiger partial charge in [0, 0.05) is 6.42 Å². The summed E-state index contributed by atoms with van der Waals surface area (Å²) in [6.45, 7) is 7.24. The Hall–Kier alpha value is 0.390. The molecule has 0 rings (SSSR count). The summed E-state index contributed by atoms with van der Waals surface area (Å²) in [4.78, 5) is 22.1. The van der Waals surface area contributed by atoms with Crippen LogP contribution in [0.3, 0.4) is 0 Å². The fraction of sp³-hybridized carbons (Fsp3) is 0.778. The van der Waals surface area contributed by atoms with Crippen molar-refractivity contribution in [1.29, 1.82) is 0 Å². The SMILES string of the molecule is CCC(=O)C(C)SSSC(C)C(C)=O. The van der Waals surface area contributed by atoms with Crippen molar-refractivity contribution in [1.82, 2.24) is 0 Å². The summed E-state index contributed by atoms with van der Waals surface area (Å²) in [6, 6.07) is 0. The highest BCUT2D eigenvalue weighted by Crippen LogP contribution is 2.40. The molecule has 0 amide bonds. The van der Waals surface area contributed by atoms with E-state index in [1.165, 1.54) is 31.4 Å². The summed E-state index contributed by atoms with van der Waals surface area (Å²) < 4.78 is 0. The number of carbonyl (C=O) groups excluding carboxylic acids is 2. The average Bonchev–Trinajstić information content (AvgIpc) is 2.15. The molecule has 0 radical (unpaired) electrons. The minimum atomic E-state index is 0.0106. The van der Waals surface area contributed by atoms with E-state index in [0.29, 0.717) is 6.42 Å². The van der Waals surface area contributed by atoms with Crippen LogP contribution >= 0.6 is 31.4 Å². The van der Waals surface area contributed by atoms with Crippen LogP contribution in [0, 0.1) is 0 Å². The molecule has 0 aromatic rings. The van der Waals surface area contributed by atoms with Gasteiger partial charge >= 0.3 is 0 Å². The molecule has 0 heterocycles. The molecule has 0 aliphatic heterocycles. The van der Waals surface area contributed by atoms with E-state index in [1.54, 1.807) is 6.92 Å². The molecule has 0 fully saturated rings. The lowest BCUT2D eigenvalue weighted by molar-refractivity contribution is -0.118. The van der Waals surface area contributed by atoms with Gasteiger partial charge in [0.25, 0.3) is 0 Å². The molecule has 14 heavy (non-hydrogen) atoms. The van der Waals surface area contributed by atoms with Crippen LogP contribution in [0.4, 0.5) is 0 Å². The van der Waals surface area contributed by atoms with Gasteiger partial charge in [-0.25, -0.2) is 0 Å². The molecule has 82 valence electrons.